The van der Waals surface area contributed by atoms with Crippen molar-refractivity contribution in [2.24, 2.45) is 0 Å². The zero-order chi connectivity index (χ0) is 10.8. The Hall–Kier alpha value is -2.03. The molecule has 0 spiro atoms. The summed E-state index contributed by atoms with van der Waals surface area (Å²) in [6.45, 7) is 0.327. The fourth-order valence-electron chi connectivity index (χ4n) is 1.79. The van der Waals surface area contributed by atoms with Crippen LogP contribution < -0.4 is 9.47 Å². The number of benzene rings is 1. The molecule has 1 aliphatic rings. The first-order chi connectivity index (χ1) is 7.92. The van der Waals surface area contributed by atoms with Gasteiger partial charge in [0, 0.05) is 12.4 Å². The topological polar surface area (TPSA) is 31.4 Å². The maximum Gasteiger partial charge on any atom is 0.231 e. The molecule has 0 saturated carbocycles. The second-order valence-corrected chi connectivity index (χ2v) is 3.72. The molecule has 0 atom stereocenters. The van der Waals surface area contributed by atoms with E-state index in [1.165, 1.54) is 11.1 Å². The molecule has 3 nitrogen and oxygen atoms in total. The summed E-state index contributed by atoms with van der Waals surface area (Å²) in [6, 6.07) is 10.1. The SMILES string of the molecule is c1cc(Cc2ccc3c(c2)OCO3)ccn1. The average Bonchev–Trinajstić information content (AvgIpc) is 2.77. The molecule has 1 aromatic heterocycles. The number of ether oxygens (including phenoxy) is 2. The molecule has 0 unspecified atom stereocenters. The molecule has 0 radical (unpaired) electrons. The lowest BCUT2D eigenvalue weighted by Gasteiger charge is -2.02. The molecule has 3 rings (SSSR count). The molecular weight excluding hydrogens is 202 g/mol. The Morgan fingerprint density at radius 1 is 0.938 bits per heavy atom. The third-order valence-corrected chi connectivity index (χ3v) is 2.59. The molecule has 1 aromatic carbocycles. The molecule has 0 saturated heterocycles. The van der Waals surface area contributed by atoms with Gasteiger partial charge in [0.05, 0.1) is 0 Å². The molecule has 2 heterocycles. The molecule has 1 aliphatic heterocycles. The summed E-state index contributed by atoms with van der Waals surface area (Å²) in [6.07, 6.45) is 4.50. The quantitative estimate of drug-likeness (QED) is 0.767. The standard InChI is InChI=1S/C13H11NO2/c1-2-12-13(16-9-15-12)8-11(1)7-10-3-5-14-6-4-10/h1-6,8H,7,9H2. The summed E-state index contributed by atoms with van der Waals surface area (Å²) in [5, 5.41) is 0. The first kappa shape index (κ1) is 9.21. The maximum atomic E-state index is 5.34. The smallest absolute Gasteiger partial charge is 0.231 e. The normalized spacial score (nSPS) is 12.8. The van der Waals surface area contributed by atoms with Crippen molar-refractivity contribution in [2.75, 3.05) is 6.79 Å². The van der Waals surface area contributed by atoms with Gasteiger partial charge in [-0.1, -0.05) is 6.07 Å². The second kappa shape index (κ2) is 3.85. The van der Waals surface area contributed by atoms with E-state index in [2.05, 4.69) is 11.1 Å². The van der Waals surface area contributed by atoms with Crippen molar-refractivity contribution >= 4 is 0 Å². The minimum Gasteiger partial charge on any atom is -0.454 e. The van der Waals surface area contributed by atoms with Gasteiger partial charge in [-0.15, -0.1) is 0 Å². The van der Waals surface area contributed by atoms with E-state index in [1.54, 1.807) is 0 Å². The lowest BCUT2D eigenvalue weighted by molar-refractivity contribution is 0.174. The van der Waals surface area contributed by atoms with E-state index in [1.807, 2.05) is 36.7 Å². The van der Waals surface area contributed by atoms with Crippen LogP contribution in [0.25, 0.3) is 0 Å². The van der Waals surface area contributed by atoms with Gasteiger partial charge in [-0.05, 0) is 41.8 Å². The number of rotatable bonds is 2. The molecule has 0 fully saturated rings. The summed E-state index contributed by atoms with van der Waals surface area (Å²) < 4.78 is 10.6. The van der Waals surface area contributed by atoms with E-state index in [0.29, 0.717) is 6.79 Å². The van der Waals surface area contributed by atoms with Gasteiger partial charge in [-0.3, -0.25) is 4.98 Å². The van der Waals surface area contributed by atoms with E-state index < -0.39 is 0 Å². The number of nitrogens with zero attached hydrogens (tertiary/aromatic N) is 1. The van der Waals surface area contributed by atoms with Crippen LogP contribution in [-0.2, 0) is 6.42 Å². The van der Waals surface area contributed by atoms with E-state index in [0.717, 1.165) is 17.9 Å². The van der Waals surface area contributed by atoms with Crippen LogP contribution in [0.4, 0.5) is 0 Å². The number of pyridine rings is 1. The number of aromatic nitrogens is 1. The minimum absolute atomic E-state index is 0.327. The summed E-state index contributed by atoms with van der Waals surface area (Å²) in [4.78, 5) is 4.00. The highest BCUT2D eigenvalue weighted by Gasteiger charge is 2.12. The van der Waals surface area contributed by atoms with Crippen LogP contribution in [0.15, 0.2) is 42.7 Å². The van der Waals surface area contributed by atoms with Crippen molar-refractivity contribution in [1.29, 1.82) is 0 Å². The highest BCUT2D eigenvalue weighted by Crippen LogP contribution is 2.32. The van der Waals surface area contributed by atoms with Crippen molar-refractivity contribution in [3.63, 3.8) is 0 Å². The van der Waals surface area contributed by atoms with Crippen molar-refractivity contribution < 1.29 is 9.47 Å². The van der Waals surface area contributed by atoms with Gasteiger partial charge >= 0.3 is 0 Å². The molecule has 3 heteroatoms. The highest BCUT2D eigenvalue weighted by molar-refractivity contribution is 5.45. The summed E-state index contributed by atoms with van der Waals surface area (Å²) in [5.41, 5.74) is 2.46. The van der Waals surface area contributed by atoms with Crippen LogP contribution in [0.3, 0.4) is 0 Å². The van der Waals surface area contributed by atoms with E-state index in [4.69, 9.17) is 9.47 Å². The molecule has 80 valence electrons. The van der Waals surface area contributed by atoms with Gasteiger partial charge in [-0.25, -0.2) is 0 Å². The Balaban J connectivity index is 1.86. The number of hydrogen-bond donors (Lipinski definition) is 0. The van der Waals surface area contributed by atoms with E-state index in [-0.39, 0.29) is 0 Å². The first-order valence-corrected chi connectivity index (χ1v) is 5.19. The van der Waals surface area contributed by atoms with Crippen molar-refractivity contribution in [1.82, 2.24) is 4.98 Å². The van der Waals surface area contributed by atoms with Gasteiger partial charge in [-0.2, -0.15) is 0 Å². The molecular formula is C13H11NO2. The van der Waals surface area contributed by atoms with Crippen molar-refractivity contribution in [3.05, 3.63) is 53.9 Å². The Kier molecular flexibility index (Phi) is 2.22. The van der Waals surface area contributed by atoms with E-state index >= 15 is 0 Å². The Morgan fingerprint density at radius 2 is 1.75 bits per heavy atom. The zero-order valence-corrected chi connectivity index (χ0v) is 8.72. The Morgan fingerprint density at radius 3 is 2.62 bits per heavy atom. The predicted octanol–water partition coefficient (Wildman–Crippen LogP) is 2.40. The van der Waals surface area contributed by atoms with Crippen molar-refractivity contribution in [2.45, 2.75) is 6.42 Å². The van der Waals surface area contributed by atoms with Crippen LogP contribution in [0.2, 0.25) is 0 Å². The summed E-state index contributed by atoms with van der Waals surface area (Å²) >= 11 is 0. The third kappa shape index (κ3) is 1.72. The Labute approximate surface area is 93.7 Å². The number of fused-ring (bicyclic) bond motifs is 1. The van der Waals surface area contributed by atoms with Gasteiger partial charge in [0.2, 0.25) is 6.79 Å². The minimum atomic E-state index is 0.327. The first-order valence-electron chi connectivity index (χ1n) is 5.19. The van der Waals surface area contributed by atoms with Gasteiger partial charge in [0.15, 0.2) is 11.5 Å². The fraction of sp³-hybridized carbons (Fsp3) is 0.154. The Bertz CT molecular complexity index is 497. The monoisotopic (exact) mass is 213 g/mol. The number of hydrogen-bond acceptors (Lipinski definition) is 3. The summed E-state index contributed by atoms with van der Waals surface area (Å²) in [7, 11) is 0. The lowest BCUT2D eigenvalue weighted by atomic mass is 10.1. The van der Waals surface area contributed by atoms with E-state index in [9.17, 15) is 0 Å². The molecule has 0 amide bonds. The van der Waals surface area contributed by atoms with Gasteiger partial charge in [0.1, 0.15) is 0 Å². The maximum absolute atomic E-state index is 5.34. The third-order valence-electron chi connectivity index (χ3n) is 2.59. The van der Waals surface area contributed by atoms with Gasteiger partial charge < -0.3 is 9.47 Å². The van der Waals surface area contributed by atoms with Crippen LogP contribution in [0, 0.1) is 0 Å². The molecule has 16 heavy (non-hydrogen) atoms. The zero-order valence-electron chi connectivity index (χ0n) is 8.72. The molecule has 2 aromatic rings. The summed E-state index contributed by atoms with van der Waals surface area (Å²) in [5.74, 6) is 1.67. The molecule has 0 bridgehead atoms. The lowest BCUT2D eigenvalue weighted by Crippen LogP contribution is -1.93. The largest absolute Gasteiger partial charge is 0.454 e. The fourth-order valence-corrected chi connectivity index (χ4v) is 1.79. The molecule has 0 N–H and O–H groups in total. The predicted molar refractivity (Wildman–Crippen MR) is 59.6 cm³/mol. The second-order valence-electron chi connectivity index (χ2n) is 3.72. The van der Waals surface area contributed by atoms with Crippen LogP contribution in [-0.4, -0.2) is 11.8 Å². The van der Waals surface area contributed by atoms with Crippen LogP contribution in [0.1, 0.15) is 11.1 Å². The van der Waals surface area contributed by atoms with Gasteiger partial charge in [0.25, 0.3) is 0 Å². The van der Waals surface area contributed by atoms with Crippen LogP contribution >= 0.6 is 0 Å². The van der Waals surface area contributed by atoms with Crippen molar-refractivity contribution in [3.8, 4) is 11.5 Å². The average molecular weight is 213 g/mol. The highest BCUT2D eigenvalue weighted by atomic mass is 16.7. The van der Waals surface area contributed by atoms with Crippen LogP contribution in [0.5, 0.6) is 11.5 Å². The molecule has 0 aliphatic carbocycles.